The molecule has 5 heteroatoms. The molecule has 4 aromatic rings. The van der Waals surface area contributed by atoms with Gasteiger partial charge in [-0.25, -0.2) is 0 Å². The van der Waals surface area contributed by atoms with Crippen molar-refractivity contribution in [3.8, 4) is 22.7 Å². The molecule has 0 atom stereocenters. The Labute approximate surface area is 207 Å². The van der Waals surface area contributed by atoms with E-state index in [-0.39, 0.29) is 5.91 Å². The monoisotopic (exact) mass is 465 g/mol. The van der Waals surface area contributed by atoms with Gasteiger partial charge in [-0.2, -0.15) is 0 Å². The summed E-state index contributed by atoms with van der Waals surface area (Å²) in [6, 6.07) is 28.9. The first-order chi connectivity index (χ1) is 17.0. The van der Waals surface area contributed by atoms with E-state index < -0.39 is 0 Å². The van der Waals surface area contributed by atoms with Gasteiger partial charge in [-0.05, 0) is 61.9 Å². The lowest BCUT2D eigenvalue weighted by Gasteiger charge is -2.36. The van der Waals surface area contributed by atoms with Gasteiger partial charge in [0.1, 0.15) is 5.75 Å². The van der Waals surface area contributed by atoms with Crippen LogP contribution >= 0.6 is 0 Å². The number of methoxy groups -OCH3 is 1. The van der Waals surface area contributed by atoms with E-state index in [0.717, 1.165) is 52.7 Å². The molecule has 0 saturated carbocycles. The Morgan fingerprint density at radius 1 is 0.771 bits per heavy atom. The minimum Gasteiger partial charge on any atom is -0.497 e. The van der Waals surface area contributed by atoms with Crippen molar-refractivity contribution in [1.82, 2.24) is 9.47 Å². The molecule has 0 spiro atoms. The third kappa shape index (κ3) is 4.54. The highest BCUT2D eigenvalue weighted by Crippen LogP contribution is 2.31. The first-order valence-electron chi connectivity index (χ1n) is 12.1. The molecule has 1 aliphatic heterocycles. The van der Waals surface area contributed by atoms with Gasteiger partial charge < -0.3 is 19.1 Å². The van der Waals surface area contributed by atoms with E-state index in [2.05, 4.69) is 71.0 Å². The van der Waals surface area contributed by atoms with Gasteiger partial charge in [0, 0.05) is 43.2 Å². The van der Waals surface area contributed by atoms with Crippen LogP contribution in [0.15, 0.2) is 84.9 Å². The Kier molecular flexibility index (Phi) is 6.32. The van der Waals surface area contributed by atoms with Gasteiger partial charge in [-0.15, -0.1) is 0 Å². The Morgan fingerprint density at radius 2 is 1.40 bits per heavy atom. The zero-order valence-corrected chi connectivity index (χ0v) is 20.6. The summed E-state index contributed by atoms with van der Waals surface area (Å²) in [5.74, 6) is 0.949. The first kappa shape index (κ1) is 22.8. The van der Waals surface area contributed by atoms with E-state index >= 15 is 0 Å². The van der Waals surface area contributed by atoms with Crippen molar-refractivity contribution in [2.24, 2.45) is 0 Å². The zero-order valence-electron chi connectivity index (χ0n) is 20.6. The lowest BCUT2D eigenvalue weighted by Crippen LogP contribution is -2.48. The van der Waals surface area contributed by atoms with E-state index in [1.807, 2.05) is 42.2 Å². The van der Waals surface area contributed by atoms with Gasteiger partial charge in [0.15, 0.2) is 0 Å². The zero-order chi connectivity index (χ0) is 24.4. The molecule has 1 saturated heterocycles. The predicted octanol–water partition coefficient (Wildman–Crippen LogP) is 5.73. The second kappa shape index (κ2) is 9.71. The number of amides is 1. The molecule has 1 aliphatic rings. The quantitative estimate of drug-likeness (QED) is 0.378. The molecule has 1 aromatic heterocycles. The van der Waals surface area contributed by atoms with Gasteiger partial charge in [-0.1, -0.05) is 48.0 Å². The number of anilines is 1. The molecule has 5 nitrogen and oxygen atoms in total. The maximum atomic E-state index is 13.7. The molecular formula is C30H31N3O2. The smallest absolute Gasteiger partial charge is 0.255 e. The highest BCUT2D eigenvalue weighted by atomic mass is 16.5. The van der Waals surface area contributed by atoms with Crippen LogP contribution in [-0.4, -0.2) is 48.7 Å². The van der Waals surface area contributed by atoms with E-state index in [1.54, 1.807) is 7.11 Å². The third-order valence-corrected chi connectivity index (χ3v) is 6.84. The number of benzene rings is 3. The van der Waals surface area contributed by atoms with Crippen LogP contribution in [0, 0.1) is 13.8 Å². The van der Waals surface area contributed by atoms with Crippen LogP contribution in [0.25, 0.3) is 16.9 Å². The van der Waals surface area contributed by atoms with E-state index in [0.29, 0.717) is 13.1 Å². The van der Waals surface area contributed by atoms with Crippen LogP contribution in [0.3, 0.4) is 0 Å². The topological polar surface area (TPSA) is 37.7 Å². The van der Waals surface area contributed by atoms with Crippen LogP contribution in [0.5, 0.6) is 5.75 Å². The number of hydrogen-bond donors (Lipinski definition) is 0. The Hall–Kier alpha value is -3.99. The van der Waals surface area contributed by atoms with Crippen molar-refractivity contribution in [2.75, 3.05) is 38.2 Å². The number of aryl methyl sites for hydroxylation is 1. The highest BCUT2D eigenvalue weighted by molar-refractivity contribution is 5.97. The number of aromatic nitrogens is 1. The molecule has 35 heavy (non-hydrogen) atoms. The highest BCUT2D eigenvalue weighted by Gasteiger charge is 2.26. The Bertz CT molecular complexity index is 1300. The summed E-state index contributed by atoms with van der Waals surface area (Å²) in [5.41, 5.74) is 7.30. The average Bonchev–Trinajstić information content (AvgIpc) is 3.26. The lowest BCUT2D eigenvalue weighted by atomic mass is 10.1. The number of ether oxygens (including phenoxy) is 1. The average molecular weight is 466 g/mol. The van der Waals surface area contributed by atoms with Crippen molar-refractivity contribution in [3.63, 3.8) is 0 Å². The fourth-order valence-corrected chi connectivity index (χ4v) is 4.80. The SMILES string of the molecule is COc1ccc(N2CCN(C(=O)c3cc(-c4ccccc4)n(-c4ccc(C)cc4)c3C)CC2)cc1. The lowest BCUT2D eigenvalue weighted by molar-refractivity contribution is 0.0746. The molecule has 0 unspecified atom stereocenters. The Balaban J connectivity index is 1.41. The standard InChI is InChI=1S/C30H31N3O2/c1-22-9-11-26(12-10-22)33-23(2)28(21-29(33)24-7-5-4-6-8-24)30(34)32-19-17-31(18-20-32)25-13-15-27(35-3)16-14-25/h4-16,21H,17-20H2,1-3H3. The summed E-state index contributed by atoms with van der Waals surface area (Å²) in [7, 11) is 1.68. The summed E-state index contributed by atoms with van der Waals surface area (Å²) in [6.07, 6.45) is 0. The van der Waals surface area contributed by atoms with Gasteiger partial charge in [-0.3, -0.25) is 4.79 Å². The Morgan fingerprint density at radius 3 is 2.03 bits per heavy atom. The van der Waals surface area contributed by atoms with Gasteiger partial charge in [0.2, 0.25) is 0 Å². The second-order valence-corrected chi connectivity index (χ2v) is 9.04. The number of hydrogen-bond acceptors (Lipinski definition) is 3. The van der Waals surface area contributed by atoms with Crippen LogP contribution in [-0.2, 0) is 0 Å². The van der Waals surface area contributed by atoms with Crippen molar-refractivity contribution in [3.05, 3.63) is 102 Å². The third-order valence-electron chi connectivity index (χ3n) is 6.84. The van der Waals surface area contributed by atoms with Gasteiger partial charge in [0.05, 0.1) is 18.4 Å². The van der Waals surface area contributed by atoms with Crippen molar-refractivity contribution < 1.29 is 9.53 Å². The maximum absolute atomic E-state index is 13.7. The minimum absolute atomic E-state index is 0.0972. The minimum atomic E-state index is 0.0972. The van der Waals surface area contributed by atoms with Crippen LogP contribution in [0.2, 0.25) is 0 Å². The molecular weight excluding hydrogens is 434 g/mol. The summed E-state index contributed by atoms with van der Waals surface area (Å²) in [5, 5.41) is 0. The molecule has 0 bridgehead atoms. The van der Waals surface area contributed by atoms with Gasteiger partial charge in [0.25, 0.3) is 5.91 Å². The molecule has 0 N–H and O–H groups in total. The fourth-order valence-electron chi connectivity index (χ4n) is 4.80. The molecule has 0 aliphatic carbocycles. The summed E-state index contributed by atoms with van der Waals surface area (Å²) in [6.45, 7) is 7.14. The molecule has 3 aromatic carbocycles. The molecule has 1 amide bonds. The van der Waals surface area contributed by atoms with Gasteiger partial charge >= 0.3 is 0 Å². The number of carbonyl (C=O) groups excluding carboxylic acids is 1. The maximum Gasteiger partial charge on any atom is 0.255 e. The van der Waals surface area contributed by atoms with Crippen molar-refractivity contribution in [1.29, 1.82) is 0 Å². The van der Waals surface area contributed by atoms with Crippen LogP contribution in [0.1, 0.15) is 21.6 Å². The first-order valence-corrected chi connectivity index (χ1v) is 12.1. The van der Waals surface area contributed by atoms with Crippen LogP contribution < -0.4 is 9.64 Å². The predicted molar refractivity (Wildman–Crippen MR) is 142 cm³/mol. The summed E-state index contributed by atoms with van der Waals surface area (Å²) >= 11 is 0. The number of nitrogens with zero attached hydrogens (tertiary/aromatic N) is 3. The molecule has 5 rings (SSSR count). The number of rotatable bonds is 5. The molecule has 1 fully saturated rings. The molecule has 0 radical (unpaired) electrons. The largest absolute Gasteiger partial charge is 0.497 e. The second-order valence-electron chi connectivity index (χ2n) is 9.04. The van der Waals surface area contributed by atoms with Crippen molar-refractivity contribution in [2.45, 2.75) is 13.8 Å². The molecule has 2 heterocycles. The van der Waals surface area contributed by atoms with Crippen LogP contribution in [0.4, 0.5) is 5.69 Å². The normalized spacial score (nSPS) is 13.7. The summed E-state index contributed by atoms with van der Waals surface area (Å²) < 4.78 is 7.48. The number of piperazine rings is 1. The number of carbonyl (C=O) groups is 1. The molecule has 178 valence electrons. The summed E-state index contributed by atoms with van der Waals surface area (Å²) in [4.78, 5) is 18.0. The fraction of sp³-hybridized carbons (Fsp3) is 0.233. The van der Waals surface area contributed by atoms with Crippen molar-refractivity contribution >= 4 is 11.6 Å². The van der Waals surface area contributed by atoms with E-state index in [4.69, 9.17) is 4.74 Å². The van der Waals surface area contributed by atoms with E-state index in [9.17, 15) is 4.79 Å². The van der Waals surface area contributed by atoms with E-state index in [1.165, 1.54) is 5.56 Å².